The van der Waals surface area contributed by atoms with E-state index in [0.717, 1.165) is 11.4 Å². The Hall–Kier alpha value is -2.98. The van der Waals surface area contributed by atoms with Crippen molar-refractivity contribution in [1.82, 2.24) is 20.3 Å². The van der Waals surface area contributed by atoms with Gasteiger partial charge in [-0.1, -0.05) is 6.07 Å². The molecule has 0 bridgehead atoms. The standard InChI is InChI=1S/C18H18F4N6O/c19-10-6-13(17(29)26-9-18(20,21)22)28(8-10)14-3-5-24-16(27-14)12-7-25-15-11(12)2-1-4-23-15/h1-5,10,12-13H,6-9H2,(H,23,25)(H,26,29)/t10-,12?,13-/m1/s1. The van der Waals surface area contributed by atoms with Crippen LogP contribution in [0.2, 0.25) is 0 Å². The van der Waals surface area contributed by atoms with Crippen molar-refractivity contribution >= 4 is 17.5 Å². The van der Waals surface area contributed by atoms with Gasteiger partial charge in [-0.05, 0) is 12.1 Å². The Bertz CT molecular complexity index is 908. The van der Waals surface area contributed by atoms with Gasteiger partial charge in [0.15, 0.2) is 0 Å². The molecule has 0 aliphatic carbocycles. The SMILES string of the molecule is O=C(NCC(F)(F)F)[C@H]1C[C@@H](F)CN1c1ccnc(C2CNc3ncccc32)n1. The Balaban J connectivity index is 1.56. The minimum atomic E-state index is -4.53. The van der Waals surface area contributed by atoms with Crippen LogP contribution >= 0.6 is 0 Å². The topological polar surface area (TPSA) is 83.0 Å². The van der Waals surface area contributed by atoms with Gasteiger partial charge < -0.3 is 15.5 Å². The fraction of sp³-hybridized carbons (Fsp3) is 0.444. The van der Waals surface area contributed by atoms with Gasteiger partial charge in [0, 0.05) is 30.9 Å². The summed E-state index contributed by atoms with van der Waals surface area (Å²) in [5, 5.41) is 5.00. The van der Waals surface area contributed by atoms with Crippen molar-refractivity contribution < 1.29 is 22.4 Å². The van der Waals surface area contributed by atoms with Crippen LogP contribution < -0.4 is 15.5 Å². The summed E-state index contributed by atoms with van der Waals surface area (Å²) in [6, 6.07) is 4.17. The van der Waals surface area contributed by atoms with E-state index in [4.69, 9.17) is 0 Å². The van der Waals surface area contributed by atoms with E-state index >= 15 is 0 Å². The molecule has 2 N–H and O–H groups in total. The van der Waals surface area contributed by atoms with E-state index < -0.39 is 30.8 Å². The Morgan fingerprint density at radius 3 is 2.90 bits per heavy atom. The lowest BCUT2D eigenvalue weighted by Crippen LogP contribution is -2.46. The highest BCUT2D eigenvalue weighted by molar-refractivity contribution is 5.85. The van der Waals surface area contributed by atoms with Gasteiger partial charge in [0.2, 0.25) is 5.91 Å². The number of hydrogen-bond donors (Lipinski definition) is 2. The van der Waals surface area contributed by atoms with Crippen LogP contribution in [-0.4, -0.2) is 58.9 Å². The molecule has 2 aromatic rings. The van der Waals surface area contributed by atoms with E-state index in [9.17, 15) is 22.4 Å². The summed E-state index contributed by atoms with van der Waals surface area (Å²) >= 11 is 0. The first kappa shape index (κ1) is 19.3. The first-order chi connectivity index (χ1) is 13.8. The molecular formula is C18H18F4N6O. The van der Waals surface area contributed by atoms with Gasteiger partial charge in [-0.2, -0.15) is 13.2 Å². The molecule has 2 aliphatic heterocycles. The van der Waals surface area contributed by atoms with Gasteiger partial charge in [0.05, 0.1) is 12.5 Å². The number of alkyl halides is 4. The lowest BCUT2D eigenvalue weighted by molar-refractivity contribution is -0.139. The highest BCUT2D eigenvalue weighted by Gasteiger charge is 2.39. The molecule has 2 aliphatic rings. The Morgan fingerprint density at radius 1 is 1.28 bits per heavy atom. The molecule has 1 fully saturated rings. The maximum atomic E-state index is 14.0. The third kappa shape index (κ3) is 4.08. The second-order valence-corrected chi connectivity index (χ2v) is 6.98. The van der Waals surface area contributed by atoms with E-state index in [1.54, 1.807) is 12.3 Å². The van der Waals surface area contributed by atoms with Crippen molar-refractivity contribution in [3.8, 4) is 0 Å². The number of carbonyl (C=O) groups is 1. The van der Waals surface area contributed by atoms with Crippen LogP contribution in [0.4, 0.5) is 29.2 Å². The number of nitrogens with zero attached hydrogens (tertiary/aromatic N) is 4. The Labute approximate surface area is 163 Å². The second kappa shape index (κ2) is 7.45. The Morgan fingerprint density at radius 2 is 2.10 bits per heavy atom. The minimum absolute atomic E-state index is 0.123. The highest BCUT2D eigenvalue weighted by atomic mass is 19.4. The average Bonchev–Trinajstić information content (AvgIpc) is 3.29. The van der Waals surface area contributed by atoms with Crippen LogP contribution in [0.3, 0.4) is 0 Å². The molecule has 11 heteroatoms. The van der Waals surface area contributed by atoms with Gasteiger partial charge in [0.25, 0.3) is 0 Å². The third-order valence-corrected chi connectivity index (χ3v) is 4.97. The van der Waals surface area contributed by atoms with Crippen molar-refractivity contribution in [2.45, 2.75) is 30.7 Å². The second-order valence-electron chi connectivity index (χ2n) is 6.98. The molecule has 0 spiro atoms. The minimum Gasteiger partial charge on any atom is -0.369 e. The van der Waals surface area contributed by atoms with Gasteiger partial charge >= 0.3 is 6.18 Å². The summed E-state index contributed by atoms with van der Waals surface area (Å²) in [7, 11) is 0. The normalized spacial score (nSPS) is 23.6. The number of pyridine rings is 1. The van der Waals surface area contributed by atoms with E-state index in [1.165, 1.54) is 17.2 Å². The molecule has 0 saturated carbocycles. The van der Waals surface area contributed by atoms with Crippen molar-refractivity contribution in [2.24, 2.45) is 0 Å². The number of carbonyl (C=O) groups excluding carboxylic acids is 1. The van der Waals surface area contributed by atoms with Gasteiger partial charge in [-0.15, -0.1) is 0 Å². The first-order valence-electron chi connectivity index (χ1n) is 9.09. The molecule has 7 nitrogen and oxygen atoms in total. The van der Waals surface area contributed by atoms with E-state index in [0.29, 0.717) is 18.2 Å². The molecule has 29 heavy (non-hydrogen) atoms. The number of fused-ring (bicyclic) bond motifs is 1. The molecule has 4 rings (SSSR count). The van der Waals surface area contributed by atoms with E-state index in [-0.39, 0.29) is 18.9 Å². The third-order valence-electron chi connectivity index (χ3n) is 4.97. The lowest BCUT2D eigenvalue weighted by Gasteiger charge is -2.25. The highest BCUT2D eigenvalue weighted by Crippen LogP contribution is 2.34. The summed E-state index contributed by atoms with van der Waals surface area (Å²) in [6.45, 7) is -1.04. The summed E-state index contributed by atoms with van der Waals surface area (Å²) in [6.07, 6.45) is -2.90. The molecule has 0 aromatic carbocycles. The number of halogens is 4. The maximum Gasteiger partial charge on any atom is 0.405 e. The van der Waals surface area contributed by atoms with Crippen LogP contribution in [0.5, 0.6) is 0 Å². The number of amides is 1. The van der Waals surface area contributed by atoms with Crippen LogP contribution in [0.15, 0.2) is 30.6 Å². The van der Waals surface area contributed by atoms with Crippen LogP contribution in [0, 0.1) is 0 Å². The van der Waals surface area contributed by atoms with Gasteiger partial charge in [-0.25, -0.2) is 19.3 Å². The lowest BCUT2D eigenvalue weighted by atomic mass is 10.0. The summed E-state index contributed by atoms with van der Waals surface area (Å²) < 4.78 is 51.3. The summed E-state index contributed by atoms with van der Waals surface area (Å²) in [5.41, 5.74) is 0.925. The zero-order chi connectivity index (χ0) is 20.6. The monoisotopic (exact) mass is 410 g/mol. The smallest absolute Gasteiger partial charge is 0.369 e. The zero-order valence-electron chi connectivity index (χ0n) is 15.2. The molecule has 4 heterocycles. The number of anilines is 2. The first-order valence-corrected chi connectivity index (χ1v) is 9.09. The molecule has 3 atom stereocenters. The molecule has 1 unspecified atom stereocenters. The predicted octanol–water partition coefficient (Wildman–Crippen LogP) is 2.02. The largest absolute Gasteiger partial charge is 0.405 e. The predicted molar refractivity (Wildman–Crippen MR) is 96.3 cm³/mol. The van der Waals surface area contributed by atoms with Crippen LogP contribution in [0.1, 0.15) is 23.7 Å². The fourth-order valence-corrected chi connectivity index (χ4v) is 3.67. The van der Waals surface area contributed by atoms with Crippen LogP contribution in [0.25, 0.3) is 0 Å². The number of hydrogen-bond acceptors (Lipinski definition) is 6. The molecule has 1 amide bonds. The number of aromatic nitrogens is 3. The van der Waals surface area contributed by atoms with Crippen molar-refractivity contribution in [3.63, 3.8) is 0 Å². The van der Waals surface area contributed by atoms with Crippen molar-refractivity contribution in [3.05, 3.63) is 42.0 Å². The molecular weight excluding hydrogens is 392 g/mol. The molecule has 0 radical (unpaired) electrons. The molecule has 154 valence electrons. The molecule has 1 saturated heterocycles. The van der Waals surface area contributed by atoms with Crippen LogP contribution in [-0.2, 0) is 4.79 Å². The van der Waals surface area contributed by atoms with E-state index in [1.807, 2.05) is 11.4 Å². The quantitative estimate of drug-likeness (QED) is 0.751. The average molecular weight is 410 g/mol. The number of rotatable bonds is 4. The summed E-state index contributed by atoms with van der Waals surface area (Å²) in [5.74, 6) is 0.471. The number of nitrogens with one attached hydrogen (secondary N) is 2. The van der Waals surface area contributed by atoms with Gasteiger partial charge in [0.1, 0.15) is 36.2 Å². The Kier molecular flexibility index (Phi) is 4.97. The fourth-order valence-electron chi connectivity index (χ4n) is 3.67. The van der Waals surface area contributed by atoms with Gasteiger partial charge in [-0.3, -0.25) is 4.79 Å². The maximum absolute atomic E-state index is 14.0. The van der Waals surface area contributed by atoms with Crippen molar-refractivity contribution in [1.29, 1.82) is 0 Å². The van der Waals surface area contributed by atoms with Crippen molar-refractivity contribution in [2.75, 3.05) is 29.9 Å². The zero-order valence-corrected chi connectivity index (χ0v) is 15.2. The summed E-state index contributed by atoms with van der Waals surface area (Å²) in [4.78, 5) is 26.7. The molecule has 2 aromatic heterocycles. The van der Waals surface area contributed by atoms with E-state index in [2.05, 4.69) is 20.3 Å².